The van der Waals surface area contributed by atoms with Gasteiger partial charge in [-0.25, -0.2) is 0 Å². The van der Waals surface area contributed by atoms with Crippen LogP contribution in [0.15, 0.2) is 273 Å². The minimum atomic E-state index is -0.727. The van der Waals surface area contributed by atoms with E-state index in [-0.39, 0.29) is 11.5 Å². The highest BCUT2D eigenvalue weighted by molar-refractivity contribution is 6.09. The highest BCUT2D eigenvalue weighted by Crippen LogP contribution is 2.60. The monoisotopic (exact) mass is 907 g/mol. The zero-order valence-electron chi connectivity index (χ0n) is 39.4. The Morgan fingerprint density at radius 1 is 0.423 bits per heavy atom. The van der Waals surface area contributed by atoms with Gasteiger partial charge in [-0.2, -0.15) is 0 Å². The second-order valence-electron chi connectivity index (χ2n) is 19.4. The van der Waals surface area contributed by atoms with Crippen molar-refractivity contribution in [3.05, 3.63) is 301 Å². The van der Waals surface area contributed by atoms with Crippen molar-refractivity contribution >= 4 is 50.2 Å². The molecule has 1 aliphatic heterocycles. The van der Waals surface area contributed by atoms with Gasteiger partial charge in [0.1, 0.15) is 0 Å². The molecule has 3 atom stereocenters. The summed E-state index contributed by atoms with van der Waals surface area (Å²) in [4.78, 5) is 4.96. The molecule has 2 aliphatic carbocycles. The Hall–Kier alpha value is -8.92. The number of hydrogen-bond donors (Lipinski definition) is 0. The number of para-hydroxylation sites is 5. The summed E-state index contributed by atoms with van der Waals surface area (Å²) in [5, 5.41) is 2.50. The Bertz CT molecular complexity index is 3800. The summed E-state index contributed by atoms with van der Waals surface area (Å²) in [5.41, 5.74) is 19.5. The van der Waals surface area contributed by atoms with Crippen molar-refractivity contribution in [1.29, 1.82) is 0 Å². The molecule has 0 bridgehead atoms. The number of allylic oxidation sites excluding steroid dienone is 2. The van der Waals surface area contributed by atoms with E-state index < -0.39 is 5.41 Å². The molecule has 0 N–H and O–H groups in total. The van der Waals surface area contributed by atoms with Gasteiger partial charge in [-0.1, -0.05) is 194 Å². The summed E-state index contributed by atoms with van der Waals surface area (Å²) in [6, 6.07) is 92.3. The van der Waals surface area contributed by atoms with Crippen LogP contribution in [0.25, 0.3) is 49.7 Å². The standard InChI is InChI=1S/C68H49N3/c1-67-44-18-17-28-61(67)60-27-13-16-31-66(60)71(67)55-41-43-57-56-42-40-54(70-64-29-14-11-25-58(64)59-26-12-15-30-65(59)70)45-62(56)68(63(57)46-55,49-34-32-48(33-35-49)47-19-5-2-6-20-47)50-36-38-53(39-37-50)69(51-21-7-3-8-22-51)52-23-9-4-10-24-52/h2-46,61H,1H3. The largest absolute Gasteiger partial charge is 0.331 e. The minimum absolute atomic E-state index is 0.225. The zero-order valence-corrected chi connectivity index (χ0v) is 39.4. The molecule has 71 heavy (non-hydrogen) atoms. The van der Waals surface area contributed by atoms with E-state index >= 15 is 0 Å². The molecule has 3 unspecified atom stereocenters. The average molecular weight is 908 g/mol. The molecule has 2 heterocycles. The first kappa shape index (κ1) is 41.1. The second-order valence-corrected chi connectivity index (χ2v) is 19.4. The third kappa shape index (κ3) is 6.16. The van der Waals surface area contributed by atoms with E-state index in [0.717, 1.165) is 22.7 Å². The van der Waals surface area contributed by atoms with Crippen LogP contribution in [-0.2, 0) is 5.41 Å². The van der Waals surface area contributed by atoms with Crippen LogP contribution in [0, 0.1) is 0 Å². The summed E-state index contributed by atoms with van der Waals surface area (Å²) in [7, 11) is 0. The van der Waals surface area contributed by atoms with Crippen molar-refractivity contribution in [2.45, 2.75) is 23.8 Å². The molecule has 10 aromatic carbocycles. The van der Waals surface area contributed by atoms with Gasteiger partial charge in [0.2, 0.25) is 0 Å². The maximum absolute atomic E-state index is 2.60. The van der Waals surface area contributed by atoms with Crippen LogP contribution in [-0.4, -0.2) is 10.1 Å². The molecule has 1 aromatic heterocycles. The van der Waals surface area contributed by atoms with Crippen LogP contribution in [0.5, 0.6) is 0 Å². The first-order valence-electron chi connectivity index (χ1n) is 24.8. The summed E-state index contributed by atoms with van der Waals surface area (Å²) in [5.74, 6) is 0.225. The van der Waals surface area contributed by atoms with E-state index in [1.165, 1.54) is 83.3 Å². The molecule has 0 radical (unpaired) electrons. The quantitative estimate of drug-likeness (QED) is 0.150. The molecule has 3 aliphatic rings. The molecule has 0 saturated heterocycles. The lowest BCUT2D eigenvalue weighted by Crippen LogP contribution is -2.42. The Morgan fingerprint density at radius 2 is 0.915 bits per heavy atom. The first-order valence-corrected chi connectivity index (χ1v) is 24.8. The predicted molar refractivity (Wildman–Crippen MR) is 296 cm³/mol. The van der Waals surface area contributed by atoms with E-state index in [0.29, 0.717) is 0 Å². The molecule has 0 fully saturated rings. The zero-order chi connectivity index (χ0) is 47.1. The molecular formula is C68H49N3. The highest BCUT2D eigenvalue weighted by atomic mass is 15.2. The van der Waals surface area contributed by atoms with Crippen molar-refractivity contribution in [2.75, 3.05) is 9.80 Å². The second kappa shape index (κ2) is 16.1. The normalized spacial score (nSPS) is 18.3. The Balaban J connectivity index is 1.05. The first-order chi connectivity index (χ1) is 35.1. The summed E-state index contributed by atoms with van der Waals surface area (Å²) in [6.45, 7) is 2.40. The molecule has 3 nitrogen and oxygen atoms in total. The molecule has 14 rings (SSSR count). The highest BCUT2D eigenvalue weighted by Gasteiger charge is 2.50. The Labute approximate surface area is 415 Å². The molecule has 0 saturated carbocycles. The molecule has 0 spiro atoms. The summed E-state index contributed by atoms with van der Waals surface area (Å²) >= 11 is 0. The van der Waals surface area contributed by atoms with Gasteiger partial charge in [0.05, 0.1) is 22.0 Å². The summed E-state index contributed by atoms with van der Waals surface area (Å²) < 4.78 is 2.47. The maximum atomic E-state index is 2.60. The Kier molecular flexibility index (Phi) is 9.31. The van der Waals surface area contributed by atoms with Crippen LogP contribution in [0.4, 0.5) is 28.4 Å². The predicted octanol–water partition coefficient (Wildman–Crippen LogP) is 17.4. The van der Waals surface area contributed by atoms with E-state index in [1.807, 2.05) is 0 Å². The lowest BCUT2D eigenvalue weighted by molar-refractivity contribution is 0.542. The van der Waals surface area contributed by atoms with E-state index in [9.17, 15) is 0 Å². The maximum Gasteiger partial charge on any atom is 0.0715 e. The van der Waals surface area contributed by atoms with E-state index in [2.05, 4.69) is 294 Å². The van der Waals surface area contributed by atoms with Crippen molar-refractivity contribution in [3.63, 3.8) is 0 Å². The topological polar surface area (TPSA) is 11.4 Å². The number of rotatable bonds is 8. The fourth-order valence-electron chi connectivity index (χ4n) is 12.6. The van der Waals surface area contributed by atoms with E-state index in [1.54, 1.807) is 0 Å². The molecule has 0 amide bonds. The van der Waals surface area contributed by atoms with Crippen LogP contribution >= 0.6 is 0 Å². The van der Waals surface area contributed by atoms with Crippen LogP contribution in [0.3, 0.4) is 0 Å². The van der Waals surface area contributed by atoms with Gasteiger partial charge in [-0.05, 0) is 136 Å². The van der Waals surface area contributed by atoms with Gasteiger partial charge in [-0.15, -0.1) is 0 Å². The van der Waals surface area contributed by atoms with Crippen LogP contribution in [0.1, 0.15) is 40.7 Å². The van der Waals surface area contributed by atoms with E-state index in [4.69, 9.17) is 0 Å². The number of nitrogens with zero attached hydrogens (tertiary/aromatic N) is 3. The average Bonchev–Trinajstić information content (AvgIpc) is 4.03. The minimum Gasteiger partial charge on any atom is -0.331 e. The SMILES string of the molecule is CC12C=CC=CC1c1ccccc1N2c1ccc2c(c1)C(c1ccc(-c3ccccc3)cc1)(c1ccc(N(c3ccccc3)c3ccccc3)cc1)c1cc(-n3c4ccccc4c4ccccc43)ccc1-2. The van der Waals surface area contributed by atoms with Gasteiger partial charge in [0, 0.05) is 50.8 Å². The number of anilines is 5. The smallest absolute Gasteiger partial charge is 0.0715 e. The lowest BCUT2D eigenvalue weighted by Gasteiger charge is -2.40. The van der Waals surface area contributed by atoms with Gasteiger partial charge in [0.25, 0.3) is 0 Å². The number of aromatic nitrogens is 1. The van der Waals surface area contributed by atoms with Crippen molar-refractivity contribution in [3.8, 4) is 27.9 Å². The van der Waals surface area contributed by atoms with Crippen LogP contribution in [0.2, 0.25) is 0 Å². The number of hydrogen-bond acceptors (Lipinski definition) is 2. The van der Waals surface area contributed by atoms with Crippen molar-refractivity contribution < 1.29 is 0 Å². The fraction of sp³-hybridized carbons (Fsp3) is 0.0588. The van der Waals surface area contributed by atoms with Gasteiger partial charge < -0.3 is 14.4 Å². The van der Waals surface area contributed by atoms with Crippen molar-refractivity contribution in [1.82, 2.24) is 4.57 Å². The summed E-state index contributed by atoms with van der Waals surface area (Å²) in [6.07, 6.45) is 9.22. The van der Waals surface area contributed by atoms with Gasteiger partial charge >= 0.3 is 0 Å². The number of fused-ring (bicyclic) bond motifs is 9. The molecular weight excluding hydrogens is 859 g/mol. The lowest BCUT2D eigenvalue weighted by atomic mass is 9.67. The molecule has 336 valence electrons. The molecule has 11 aromatic rings. The van der Waals surface area contributed by atoms with Crippen molar-refractivity contribution in [2.24, 2.45) is 0 Å². The third-order valence-electron chi connectivity index (χ3n) is 15.7. The van der Waals surface area contributed by atoms with Gasteiger partial charge in [0.15, 0.2) is 0 Å². The van der Waals surface area contributed by atoms with Gasteiger partial charge in [-0.3, -0.25) is 0 Å². The van der Waals surface area contributed by atoms with Crippen LogP contribution < -0.4 is 9.80 Å². The molecule has 3 heteroatoms. The fourth-order valence-corrected chi connectivity index (χ4v) is 12.6. The third-order valence-corrected chi connectivity index (χ3v) is 15.7. The Morgan fingerprint density at radius 3 is 1.55 bits per heavy atom. The number of benzene rings is 10.